The molecule has 2 aromatic carbocycles. The van der Waals surface area contributed by atoms with Crippen molar-refractivity contribution >= 4 is 28.6 Å². The smallest absolute Gasteiger partial charge is 0.245 e. The zero-order valence-electron chi connectivity index (χ0n) is 16.7. The molecule has 6 nitrogen and oxygen atoms in total. The van der Waals surface area contributed by atoms with Crippen LogP contribution in [-0.2, 0) is 11.3 Å². The molecule has 3 aromatic rings. The van der Waals surface area contributed by atoms with Crippen molar-refractivity contribution in [1.82, 2.24) is 14.9 Å². The topological polar surface area (TPSA) is 61.4 Å². The first-order valence-corrected chi connectivity index (χ1v) is 10.5. The molecule has 2 aliphatic heterocycles. The predicted molar refractivity (Wildman–Crippen MR) is 115 cm³/mol. The van der Waals surface area contributed by atoms with E-state index in [4.69, 9.17) is 9.97 Å². The lowest BCUT2D eigenvalue weighted by atomic mass is 10.2. The fourth-order valence-electron chi connectivity index (χ4n) is 4.24. The standard InChI is InChI=1S/C23H24FN5O/c24-17-9-7-16(8-10-17)15-29-14-11-20(23(29)30)26-21-22(28-12-3-4-13-28)27-19-6-2-1-5-18(19)25-21/h1-2,5-10,20H,3-4,11-15H2,(H,25,26). The van der Waals surface area contributed by atoms with Crippen molar-refractivity contribution < 1.29 is 9.18 Å². The molecule has 3 heterocycles. The number of nitrogens with zero attached hydrogens (tertiary/aromatic N) is 4. The highest BCUT2D eigenvalue weighted by Crippen LogP contribution is 2.29. The maximum Gasteiger partial charge on any atom is 0.245 e. The van der Waals surface area contributed by atoms with Crippen LogP contribution >= 0.6 is 0 Å². The Hall–Kier alpha value is -3.22. The van der Waals surface area contributed by atoms with Crippen LogP contribution in [0, 0.1) is 5.82 Å². The van der Waals surface area contributed by atoms with Gasteiger partial charge in [-0.25, -0.2) is 14.4 Å². The van der Waals surface area contributed by atoms with E-state index in [-0.39, 0.29) is 17.8 Å². The van der Waals surface area contributed by atoms with E-state index in [0.717, 1.165) is 48.3 Å². The SMILES string of the molecule is O=C1C(Nc2nc3ccccc3nc2N2CCCC2)CCN1Cc1ccc(F)cc1. The highest BCUT2D eigenvalue weighted by molar-refractivity contribution is 5.88. The van der Waals surface area contributed by atoms with Gasteiger partial charge in [0.05, 0.1) is 11.0 Å². The first kappa shape index (κ1) is 18.8. The number of anilines is 2. The van der Waals surface area contributed by atoms with Crippen molar-refractivity contribution in [2.24, 2.45) is 0 Å². The largest absolute Gasteiger partial charge is 0.355 e. The monoisotopic (exact) mass is 405 g/mol. The Morgan fingerprint density at radius 2 is 1.67 bits per heavy atom. The van der Waals surface area contributed by atoms with Crippen molar-refractivity contribution in [1.29, 1.82) is 0 Å². The summed E-state index contributed by atoms with van der Waals surface area (Å²) in [7, 11) is 0. The Kier molecular flexibility index (Phi) is 4.94. The number of carbonyl (C=O) groups is 1. The first-order chi connectivity index (χ1) is 14.7. The number of carbonyl (C=O) groups excluding carboxylic acids is 1. The number of hydrogen-bond donors (Lipinski definition) is 1. The van der Waals surface area contributed by atoms with Crippen molar-refractivity contribution in [3.05, 3.63) is 59.9 Å². The molecule has 30 heavy (non-hydrogen) atoms. The van der Waals surface area contributed by atoms with Crippen LogP contribution in [-0.4, -0.2) is 46.5 Å². The molecular formula is C23H24FN5O. The van der Waals surface area contributed by atoms with Crippen LogP contribution in [0.4, 0.5) is 16.0 Å². The fraction of sp³-hybridized carbons (Fsp3) is 0.348. The van der Waals surface area contributed by atoms with Gasteiger partial charge in [0.15, 0.2) is 11.6 Å². The average molecular weight is 405 g/mol. The van der Waals surface area contributed by atoms with Crippen LogP contribution in [0.5, 0.6) is 0 Å². The third-order valence-electron chi connectivity index (χ3n) is 5.85. The summed E-state index contributed by atoms with van der Waals surface area (Å²) in [6, 6.07) is 13.8. The number of rotatable bonds is 5. The van der Waals surface area contributed by atoms with Gasteiger partial charge in [-0.2, -0.15) is 0 Å². The third-order valence-corrected chi connectivity index (χ3v) is 5.85. The van der Waals surface area contributed by atoms with Crippen molar-refractivity contribution in [3.8, 4) is 0 Å². The van der Waals surface area contributed by atoms with Gasteiger partial charge >= 0.3 is 0 Å². The molecular weight excluding hydrogens is 381 g/mol. The van der Waals surface area contributed by atoms with Gasteiger partial charge in [-0.3, -0.25) is 4.79 Å². The van der Waals surface area contributed by atoms with Crippen LogP contribution in [0.15, 0.2) is 48.5 Å². The van der Waals surface area contributed by atoms with E-state index in [0.29, 0.717) is 25.3 Å². The molecule has 7 heteroatoms. The lowest BCUT2D eigenvalue weighted by Gasteiger charge is -2.22. The van der Waals surface area contributed by atoms with Crippen LogP contribution in [0.3, 0.4) is 0 Å². The number of para-hydroxylation sites is 2. The molecule has 1 unspecified atom stereocenters. The number of aromatic nitrogens is 2. The normalized spacial score (nSPS) is 19.1. The fourth-order valence-corrected chi connectivity index (χ4v) is 4.24. The van der Waals surface area contributed by atoms with Crippen molar-refractivity contribution in [2.75, 3.05) is 29.9 Å². The Bertz CT molecular complexity index is 1060. The molecule has 0 saturated carbocycles. The number of amides is 1. The zero-order chi connectivity index (χ0) is 20.5. The van der Waals surface area contributed by atoms with Gasteiger partial charge in [-0.15, -0.1) is 0 Å². The highest BCUT2D eigenvalue weighted by Gasteiger charge is 2.33. The first-order valence-electron chi connectivity index (χ1n) is 10.5. The van der Waals surface area contributed by atoms with Gasteiger partial charge in [0.25, 0.3) is 0 Å². The van der Waals surface area contributed by atoms with E-state index in [1.54, 1.807) is 12.1 Å². The lowest BCUT2D eigenvalue weighted by molar-refractivity contribution is -0.128. The summed E-state index contributed by atoms with van der Waals surface area (Å²) in [4.78, 5) is 26.7. The molecule has 154 valence electrons. The van der Waals surface area contributed by atoms with Crippen molar-refractivity contribution in [2.45, 2.75) is 31.8 Å². The zero-order valence-corrected chi connectivity index (χ0v) is 16.7. The molecule has 1 atom stereocenters. The van der Waals surface area contributed by atoms with Crippen LogP contribution < -0.4 is 10.2 Å². The molecule has 0 aliphatic carbocycles. The Balaban J connectivity index is 1.37. The van der Waals surface area contributed by atoms with Gasteiger partial charge in [-0.1, -0.05) is 24.3 Å². The summed E-state index contributed by atoms with van der Waals surface area (Å²) in [5.74, 6) is 1.28. The molecule has 5 rings (SSSR count). The second kappa shape index (κ2) is 7.89. The number of likely N-dealkylation sites (tertiary alicyclic amines) is 1. The Morgan fingerprint density at radius 3 is 2.40 bits per heavy atom. The van der Waals surface area contributed by atoms with Crippen LogP contribution in [0.25, 0.3) is 11.0 Å². The van der Waals surface area contributed by atoms with Gasteiger partial charge in [0.1, 0.15) is 11.9 Å². The molecule has 2 fully saturated rings. The van der Waals surface area contributed by atoms with E-state index in [2.05, 4.69) is 10.2 Å². The summed E-state index contributed by atoms with van der Waals surface area (Å²) in [5, 5.41) is 3.39. The minimum absolute atomic E-state index is 0.0432. The summed E-state index contributed by atoms with van der Waals surface area (Å²) in [6.45, 7) is 3.06. The summed E-state index contributed by atoms with van der Waals surface area (Å²) in [5.41, 5.74) is 2.60. The van der Waals surface area contributed by atoms with Crippen LogP contribution in [0.2, 0.25) is 0 Å². The maximum atomic E-state index is 13.2. The Labute approximate surface area is 174 Å². The van der Waals surface area contributed by atoms with E-state index in [9.17, 15) is 9.18 Å². The number of nitrogens with one attached hydrogen (secondary N) is 1. The molecule has 2 saturated heterocycles. The number of halogens is 1. The molecule has 0 radical (unpaired) electrons. The third kappa shape index (κ3) is 3.67. The second-order valence-corrected chi connectivity index (χ2v) is 7.95. The maximum absolute atomic E-state index is 13.2. The van der Waals surface area contributed by atoms with Crippen molar-refractivity contribution in [3.63, 3.8) is 0 Å². The quantitative estimate of drug-likeness (QED) is 0.703. The molecule has 2 aliphatic rings. The molecule has 0 spiro atoms. The van der Waals surface area contributed by atoms with Gasteiger partial charge in [0, 0.05) is 26.2 Å². The summed E-state index contributed by atoms with van der Waals surface area (Å²) < 4.78 is 13.2. The lowest BCUT2D eigenvalue weighted by Crippen LogP contribution is -2.34. The Morgan fingerprint density at radius 1 is 0.967 bits per heavy atom. The van der Waals surface area contributed by atoms with Gasteiger partial charge in [-0.05, 0) is 49.1 Å². The van der Waals surface area contributed by atoms with E-state index >= 15 is 0 Å². The van der Waals surface area contributed by atoms with E-state index in [1.165, 1.54) is 12.1 Å². The number of fused-ring (bicyclic) bond motifs is 1. The van der Waals surface area contributed by atoms with Gasteiger partial charge in [0.2, 0.25) is 5.91 Å². The predicted octanol–water partition coefficient (Wildman–Crippen LogP) is 3.58. The number of benzene rings is 2. The molecule has 1 aromatic heterocycles. The number of hydrogen-bond acceptors (Lipinski definition) is 5. The minimum atomic E-state index is -0.331. The minimum Gasteiger partial charge on any atom is -0.355 e. The van der Waals surface area contributed by atoms with Crippen LogP contribution in [0.1, 0.15) is 24.8 Å². The van der Waals surface area contributed by atoms with Gasteiger partial charge < -0.3 is 15.1 Å². The summed E-state index contributed by atoms with van der Waals surface area (Å²) in [6.07, 6.45) is 2.98. The second-order valence-electron chi connectivity index (χ2n) is 7.95. The van der Waals surface area contributed by atoms with E-state index < -0.39 is 0 Å². The molecule has 1 amide bonds. The van der Waals surface area contributed by atoms with E-state index in [1.807, 2.05) is 29.2 Å². The highest BCUT2D eigenvalue weighted by atomic mass is 19.1. The molecule has 0 bridgehead atoms. The summed E-state index contributed by atoms with van der Waals surface area (Å²) >= 11 is 0. The molecule has 1 N–H and O–H groups in total. The average Bonchev–Trinajstić information content (AvgIpc) is 3.41.